The number of fused-ring (bicyclic) bond motifs is 1. The number of nitrogens with zero attached hydrogens (tertiary/aromatic N) is 2. The molecule has 8 heteroatoms. The maximum absolute atomic E-state index is 14.4. The zero-order valence-corrected chi connectivity index (χ0v) is 14.8. The fraction of sp³-hybridized carbons (Fsp3) is 0.0500. The summed E-state index contributed by atoms with van der Waals surface area (Å²) < 4.78 is 28.5. The quantitative estimate of drug-likeness (QED) is 0.366. The molecule has 0 bridgehead atoms. The number of carbonyl (C=O) groups is 1. The fourth-order valence-corrected chi connectivity index (χ4v) is 3.01. The van der Waals surface area contributed by atoms with E-state index in [9.17, 15) is 13.6 Å². The Hall–Kier alpha value is -3.81. The molecule has 0 fully saturated rings. The molecule has 0 saturated carbocycles. The minimum atomic E-state index is -1.09. The van der Waals surface area contributed by atoms with E-state index in [0.717, 1.165) is 23.4 Å². The predicted molar refractivity (Wildman–Crippen MR) is 103 cm³/mol. The summed E-state index contributed by atoms with van der Waals surface area (Å²) in [4.78, 5) is 24.1. The number of nitrogens with one attached hydrogen (secondary N) is 2. The van der Waals surface area contributed by atoms with Crippen molar-refractivity contribution in [2.45, 2.75) is 6.92 Å². The van der Waals surface area contributed by atoms with Crippen molar-refractivity contribution < 1.29 is 13.6 Å². The lowest BCUT2D eigenvalue weighted by atomic mass is 10.0. The van der Waals surface area contributed by atoms with Gasteiger partial charge in [-0.1, -0.05) is 12.1 Å². The minimum absolute atomic E-state index is 0.0363. The lowest BCUT2D eigenvalue weighted by molar-refractivity contribution is 0.103. The predicted octanol–water partition coefficient (Wildman–Crippen LogP) is 4.10. The van der Waals surface area contributed by atoms with Crippen LogP contribution in [0.4, 0.5) is 26.0 Å². The highest BCUT2D eigenvalue weighted by atomic mass is 19.1. The van der Waals surface area contributed by atoms with E-state index in [-0.39, 0.29) is 11.3 Å². The van der Waals surface area contributed by atoms with Crippen molar-refractivity contribution >= 4 is 34.0 Å². The van der Waals surface area contributed by atoms with Crippen molar-refractivity contribution in [3.05, 3.63) is 77.2 Å². The van der Waals surface area contributed by atoms with Crippen LogP contribution in [0.5, 0.6) is 0 Å². The van der Waals surface area contributed by atoms with Crippen LogP contribution in [0, 0.1) is 18.6 Å². The molecule has 0 radical (unpaired) electrons. The number of aryl methyl sites for hydroxylation is 1. The van der Waals surface area contributed by atoms with Gasteiger partial charge in [0.1, 0.15) is 23.6 Å². The van der Waals surface area contributed by atoms with E-state index in [1.807, 2.05) is 31.2 Å². The number of rotatable bonds is 4. The average Bonchev–Trinajstić information content (AvgIpc) is 3.10. The first-order valence-electron chi connectivity index (χ1n) is 8.39. The zero-order chi connectivity index (χ0) is 19.8. The molecule has 0 spiro atoms. The summed E-state index contributed by atoms with van der Waals surface area (Å²) in [5.74, 6) is -2.60. The number of anilines is 3. The highest BCUT2D eigenvalue weighted by Gasteiger charge is 2.25. The van der Waals surface area contributed by atoms with Gasteiger partial charge in [-0.2, -0.15) is 0 Å². The van der Waals surface area contributed by atoms with Crippen molar-refractivity contribution in [2.75, 3.05) is 11.1 Å². The Bertz CT molecular complexity index is 1220. The van der Waals surface area contributed by atoms with Crippen LogP contribution in [0.25, 0.3) is 11.0 Å². The van der Waals surface area contributed by atoms with Crippen LogP contribution in [0.15, 0.2) is 48.9 Å². The molecule has 2 aromatic carbocycles. The molecule has 0 amide bonds. The summed E-state index contributed by atoms with van der Waals surface area (Å²) in [5.41, 5.74) is 6.66. The number of hydrogen-bond acceptors (Lipinski definition) is 5. The Labute approximate surface area is 158 Å². The molecule has 0 atom stereocenters. The van der Waals surface area contributed by atoms with Gasteiger partial charge >= 0.3 is 0 Å². The normalized spacial score (nSPS) is 11.0. The molecule has 0 unspecified atom stereocenters. The second-order valence-electron chi connectivity index (χ2n) is 6.30. The number of hydrogen-bond donors (Lipinski definition) is 3. The van der Waals surface area contributed by atoms with E-state index in [1.54, 1.807) is 0 Å². The Balaban J connectivity index is 1.85. The molecule has 2 aromatic heterocycles. The van der Waals surface area contributed by atoms with Crippen LogP contribution in [0.3, 0.4) is 0 Å². The van der Waals surface area contributed by atoms with Crippen LogP contribution in [-0.2, 0) is 0 Å². The number of nitrogens with two attached hydrogens (primary N) is 1. The summed E-state index contributed by atoms with van der Waals surface area (Å²) in [5, 5.41) is 3.45. The number of benzene rings is 2. The van der Waals surface area contributed by atoms with Gasteiger partial charge in [0.25, 0.3) is 0 Å². The molecule has 0 saturated heterocycles. The molecule has 4 aromatic rings. The molecule has 0 aliphatic carbocycles. The van der Waals surface area contributed by atoms with Crippen molar-refractivity contribution in [1.29, 1.82) is 0 Å². The van der Waals surface area contributed by atoms with Crippen molar-refractivity contribution in [3.63, 3.8) is 0 Å². The average molecular weight is 379 g/mol. The van der Waals surface area contributed by atoms with Gasteiger partial charge in [0, 0.05) is 11.9 Å². The highest BCUT2D eigenvalue weighted by molar-refractivity contribution is 6.18. The van der Waals surface area contributed by atoms with Crippen LogP contribution in [-0.4, -0.2) is 20.7 Å². The minimum Gasteiger partial charge on any atom is -0.396 e. The molecule has 28 heavy (non-hydrogen) atoms. The first-order chi connectivity index (χ1) is 13.5. The van der Waals surface area contributed by atoms with Gasteiger partial charge < -0.3 is 16.0 Å². The summed E-state index contributed by atoms with van der Waals surface area (Å²) in [6.07, 6.45) is 2.68. The van der Waals surface area contributed by atoms with Crippen molar-refractivity contribution in [2.24, 2.45) is 0 Å². The smallest absolute Gasteiger partial charge is 0.201 e. The number of halogens is 2. The van der Waals surface area contributed by atoms with Crippen molar-refractivity contribution in [3.8, 4) is 0 Å². The topological polar surface area (TPSA) is 96.7 Å². The lowest BCUT2D eigenvalue weighted by Crippen LogP contribution is -2.10. The lowest BCUT2D eigenvalue weighted by Gasteiger charge is -2.09. The highest BCUT2D eigenvalue weighted by Crippen LogP contribution is 2.30. The maximum atomic E-state index is 14.4. The molecule has 140 valence electrons. The number of nitrogen functional groups attached to an aromatic ring is 1. The Morgan fingerprint density at radius 1 is 1.18 bits per heavy atom. The Kier molecular flexibility index (Phi) is 4.23. The second-order valence-corrected chi connectivity index (χ2v) is 6.30. The molecule has 4 rings (SSSR count). The van der Waals surface area contributed by atoms with E-state index in [0.29, 0.717) is 16.9 Å². The SMILES string of the molecule is Cc1cccc(Nc2ncnc3[nH]cc(C(=O)c4c(F)ccc(N)c4F)c23)c1. The van der Waals surface area contributed by atoms with Crippen LogP contribution >= 0.6 is 0 Å². The first-order valence-corrected chi connectivity index (χ1v) is 8.39. The van der Waals surface area contributed by atoms with Crippen molar-refractivity contribution in [1.82, 2.24) is 15.0 Å². The number of ketones is 1. The van der Waals surface area contributed by atoms with Gasteiger partial charge in [-0.05, 0) is 36.8 Å². The number of aromatic nitrogens is 3. The molecule has 6 nitrogen and oxygen atoms in total. The Morgan fingerprint density at radius 3 is 2.79 bits per heavy atom. The van der Waals surface area contributed by atoms with E-state index >= 15 is 0 Å². The molecule has 4 N–H and O–H groups in total. The molecule has 2 heterocycles. The molecule has 0 aliphatic heterocycles. The van der Waals surface area contributed by atoms with Gasteiger partial charge in [-0.15, -0.1) is 0 Å². The summed E-state index contributed by atoms with van der Waals surface area (Å²) in [6, 6.07) is 9.59. The summed E-state index contributed by atoms with van der Waals surface area (Å²) in [7, 11) is 0. The van der Waals surface area contributed by atoms with Crippen LogP contribution < -0.4 is 11.1 Å². The Morgan fingerprint density at radius 2 is 2.00 bits per heavy atom. The van der Waals surface area contributed by atoms with Crippen LogP contribution in [0.2, 0.25) is 0 Å². The third-order valence-electron chi connectivity index (χ3n) is 4.34. The van der Waals surface area contributed by atoms with E-state index in [2.05, 4.69) is 20.3 Å². The number of carbonyl (C=O) groups excluding carboxylic acids is 1. The molecular weight excluding hydrogens is 364 g/mol. The largest absolute Gasteiger partial charge is 0.396 e. The van der Waals surface area contributed by atoms with Gasteiger partial charge in [-0.25, -0.2) is 18.7 Å². The molecule has 0 aliphatic rings. The van der Waals surface area contributed by atoms with E-state index < -0.39 is 23.0 Å². The number of H-pyrrole nitrogens is 1. The fourth-order valence-electron chi connectivity index (χ4n) is 3.01. The third-order valence-corrected chi connectivity index (χ3v) is 4.34. The standard InChI is InChI=1S/C20H15F2N5O/c1-10-3-2-4-11(7-10)27-20-15-12(8-24-19(15)25-9-26-20)18(28)16-13(21)5-6-14(23)17(16)22/h2-9H,23H2,1H3,(H2,24,25,26,27). The second kappa shape index (κ2) is 6.73. The van der Waals surface area contributed by atoms with Gasteiger partial charge in [0.15, 0.2) is 5.82 Å². The van der Waals surface area contributed by atoms with E-state index in [4.69, 9.17) is 5.73 Å². The number of aromatic amines is 1. The zero-order valence-electron chi connectivity index (χ0n) is 14.8. The monoisotopic (exact) mass is 379 g/mol. The van der Waals surface area contributed by atoms with Gasteiger partial charge in [0.2, 0.25) is 5.78 Å². The summed E-state index contributed by atoms with van der Waals surface area (Å²) in [6.45, 7) is 1.94. The summed E-state index contributed by atoms with van der Waals surface area (Å²) >= 11 is 0. The van der Waals surface area contributed by atoms with E-state index in [1.165, 1.54) is 12.5 Å². The molecular formula is C20H15F2N5O. The first kappa shape index (κ1) is 17.6. The van der Waals surface area contributed by atoms with Gasteiger partial charge in [-0.3, -0.25) is 4.79 Å². The van der Waals surface area contributed by atoms with Crippen LogP contribution in [0.1, 0.15) is 21.5 Å². The third kappa shape index (κ3) is 2.94. The maximum Gasteiger partial charge on any atom is 0.201 e. The van der Waals surface area contributed by atoms with Gasteiger partial charge in [0.05, 0.1) is 22.2 Å².